The summed E-state index contributed by atoms with van der Waals surface area (Å²) in [6.07, 6.45) is 3.24. The Balaban J connectivity index is 2.30. The van der Waals surface area contributed by atoms with Crippen LogP contribution in [0.2, 0.25) is 19.6 Å². The van der Waals surface area contributed by atoms with Gasteiger partial charge in [-0.15, -0.1) is 11.6 Å². The zero-order valence-corrected chi connectivity index (χ0v) is 15.3. The predicted molar refractivity (Wildman–Crippen MR) is 93.1 cm³/mol. The minimum atomic E-state index is -1.73. The van der Waals surface area contributed by atoms with E-state index in [4.69, 9.17) is 20.8 Å². The molecule has 0 spiro atoms. The third kappa shape index (κ3) is 4.45. The Morgan fingerprint density at radius 3 is 2.36 bits per heavy atom. The molecule has 2 atom stereocenters. The first-order valence-corrected chi connectivity index (χ1v) is 11.4. The molecule has 2 unspecified atom stereocenters. The second-order valence-electron chi connectivity index (χ2n) is 6.50. The summed E-state index contributed by atoms with van der Waals surface area (Å²) >= 11 is 6.16. The van der Waals surface area contributed by atoms with Crippen molar-refractivity contribution in [3.8, 4) is 5.75 Å². The number of hydrogen-bond donors (Lipinski definition) is 0. The predicted octanol–water partition coefficient (Wildman–Crippen LogP) is 4.27. The molecule has 1 aliphatic carbocycles. The van der Waals surface area contributed by atoms with Crippen LogP contribution in [0, 0.1) is 0 Å². The quantitative estimate of drug-likeness (QED) is 0.467. The molecule has 0 heterocycles. The van der Waals surface area contributed by atoms with Crippen molar-refractivity contribution in [1.82, 2.24) is 0 Å². The summed E-state index contributed by atoms with van der Waals surface area (Å²) < 4.78 is 11.3. The highest BCUT2D eigenvalue weighted by atomic mass is 35.5. The minimum absolute atomic E-state index is 0.00742. The number of hydrogen-bond acceptors (Lipinski definition) is 3. The Morgan fingerprint density at radius 2 is 1.82 bits per heavy atom. The maximum atomic E-state index is 12.5. The van der Waals surface area contributed by atoms with Crippen molar-refractivity contribution in [3.63, 3.8) is 0 Å². The summed E-state index contributed by atoms with van der Waals surface area (Å²) in [5.41, 5.74) is 1.65. The number of carbonyl (C=O) groups is 1. The van der Waals surface area contributed by atoms with E-state index in [9.17, 15) is 4.79 Å². The number of alkyl halides is 1. The summed E-state index contributed by atoms with van der Waals surface area (Å²) in [6, 6.07) is 7.63. The monoisotopic (exact) mass is 338 g/mol. The molecule has 0 bridgehead atoms. The lowest BCUT2D eigenvalue weighted by atomic mass is 9.89. The lowest BCUT2D eigenvalue weighted by Crippen LogP contribution is -2.40. The highest BCUT2D eigenvalue weighted by molar-refractivity contribution is 6.69. The molecule has 2 rings (SSSR count). The molecule has 22 heavy (non-hydrogen) atoms. The standard InChI is InChI=1S/C17H23ClO3Si/c1-20-13-7-5-12(6-8-13)11-14-16(21-22(2,3)4)10-9-15(18)17(14)19/h5-8,11,15-16H,9-10H2,1-4H3. The molecule has 120 valence electrons. The van der Waals surface area contributed by atoms with E-state index >= 15 is 0 Å². The van der Waals surface area contributed by atoms with Crippen molar-refractivity contribution >= 4 is 31.8 Å². The molecule has 1 aliphatic rings. The molecular weight excluding hydrogens is 316 g/mol. The third-order valence-electron chi connectivity index (χ3n) is 3.53. The molecule has 5 heteroatoms. The van der Waals surface area contributed by atoms with Gasteiger partial charge >= 0.3 is 0 Å². The van der Waals surface area contributed by atoms with E-state index in [0.29, 0.717) is 12.0 Å². The van der Waals surface area contributed by atoms with Gasteiger partial charge in [-0.1, -0.05) is 12.1 Å². The number of ether oxygens (including phenoxy) is 1. The zero-order valence-electron chi connectivity index (χ0n) is 13.6. The Labute approximate surface area is 138 Å². The lowest BCUT2D eigenvalue weighted by Gasteiger charge is -2.32. The smallest absolute Gasteiger partial charge is 0.184 e. The van der Waals surface area contributed by atoms with Crippen LogP contribution < -0.4 is 4.74 Å². The molecule has 0 N–H and O–H groups in total. The Morgan fingerprint density at radius 1 is 1.18 bits per heavy atom. The summed E-state index contributed by atoms with van der Waals surface area (Å²) in [6.45, 7) is 6.40. The number of carbonyl (C=O) groups excluding carboxylic acids is 1. The van der Waals surface area contributed by atoms with Gasteiger partial charge in [0.25, 0.3) is 0 Å². The fraction of sp³-hybridized carbons (Fsp3) is 0.471. The molecule has 1 aromatic rings. The first kappa shape index (κ1) is 17.3. The summed E-state index contributed by atoms with van der Waals surface area (Å²) in [7, 11) is -0.0931. The fourth-order valence-electron chi connectivity index (χ4n) is 2.52. The maximum absolute atomic E-state index is 12.5. The molecule has 0 saturated heterocycles. The van der Waals surface area contributed by atoms with Gasteiger partial charge in [-0.3, -0.25) is 4.79 Å². The summed E-state index contributed by atoms with van der Waals surface area (Å²) in [5, 5.41) is -0.439. The highest BCUT2D eigenvalue weighted by Gasteiger charge is 2.35. The molecular formula is C17H23ClO3Si. The van der Waals surface area contributed by atoms with Crippen molar-refractivity contribution in [2.75, 3.05) is 7.11 Å². The van der Waals surface area contributed by atoms with E-state index in [0.717, 1.165) is 17.7 Å². The van der Waals surface area contributed by atoms with Gasteiger partial charge in [0.1, 0.15) is 5.75 Å². The number of ketones is 1. The van der Waals surface area contributed by atoms with Crippen molar-refractivity contribution in [2.45, 2.75) is 44.0 Å². The summed E-state index contributed by atoms with van der Waals surface area (Å²) in [4.78, 5) is 12.5. The molecule has 1 aromatic carbocycles. The van der Waals surface area contributed by atoms with E-state index in [1.54, 1.807) is 7.11 Å². The summed E-state index contributed by atoms with van der Waals surface area (Å²) in [5.74, 6) is 0.786. The van der Waals surface area contributed by atoms with E-state index in [1.807, 2.05) is 30.3 Å². The fourth-order valence-corrected chi connectivity index (χ4v) is 3.87. The number of benzene rings is 1. The van der Waals surface area contributed by atoms with Gasteiger partial charge < -0.3 is 9.16 Å². The van der Waals surface area contributed by atoms with Crippen LogP contribution in [0.3, 0.4) is 0 Å². The van der Waals surface area contributed by atoms with Crippen LogP contribution in [-0.4, -0.2) is 32.7 Å². The number of Topliss-reactive ketones (excluding diaryl/α,β-unsaturated/α-hetero) is 1. The van der Waals surface area contributed by atoms with E-state index in [1.165, 1.54) is 0 Å². The molecule has 0 aliphatic heterocycles. The van der Waals surface area contributed by atoms with Gasteiger partial charge in [0.2, 0.25) is 0 Å². The molecule has 1 fully saturated rings. The molecule has 0 amide bonds. The van der Waals surface area contributed by atoms with Gasteiger partial charge in [0, 0.05) is 5.57 Å². The molecule has 0 radical (unpaired) electrons. The topological polar surface area (TPSA) is 35.5 Å². The first-order valence-electron chi connectivity index (χ1n) is 7.52. The van der Waals surface area contributed by atoms with Crippen LogP contribution in [0.25, 0.3) is 6.08 Å². The van der Waals surface area contributed by atoms with Crippen LogP contribution in [0.1, 0.15) is 18.4 Å². The average molecular weight is 339 g/mol. The van der Waals surface area contributed by atoms with Crippen molar-refractivity contribution in [3.05, 3.63) is 35.4 Å². The number of rotatable bonds is 4. The Hall–Kier alpha value is -1.10. The second-order valence-corrected chi connectivity index (χ2v) is 11.5. The molecule has 1 saturated carbocycles. The Kier molecular flexibility index (Phi) is 5.48. The van der Waals surface area contributed by atoms with Crippen LogP contribution in [0.4, 0.5) is 0 Å². The van der Waals surface area contributed by atoms with Gasteiger partial charge in [-0.2, -0.15) is 0 Å². The van der Waals surface area contributed by atoms with E-state index in [-0.39, 0.29) is 11.9 Å². The van der Waals surface area contributed by atoms with Crippen molar-refractivity contribution < 1.29 is 14.0 Å². The van der Waals surface area contributed by atoms with Gasteiger partial charge in [0.05, 0.1) is 18.6 Å². The normalized spacial score (nSPS) is 24.6. The van der Waals surface area contributed by atoms with Crippen LogP contribution in [0.15, 0.2) is 29.8 Å². The Bertz CT molecular complexity index is 560. The molecule has 3 nitrogen and oxygen atoms in total. The van der Waals surface area contributed by atoms with Gasteiger partial charge in [-0.05, 0) is 56.3 Å². The third-order valence-corrected chi connectivity index (χ3v) is 4.94. The number of halogens is 1. The van der Waals surface area contributed by atoms with Crippen molar-refractivity contribution in [1.29, 1.82) is 0 Å². The second kappa shape index (κ2) is 6.98. The maximum Gasteiger partial charge on any atom is 0.184 e. The average Bonchev–Trinajstić information content (AvgIpc) is 2.46. The van der Waals surface area contributed by atoms with Crippen LogP contribution in [-0.2, 0) is 9.22 Å². The van der Waals surface area contributed by atoms with E-state index < -0.39 is 13.7 Å². The zero-order chi connectivity index (χ0) is 16.3. The SMILES string of the molecule is COc1ccc(C=C2C(=O)C(Cl)CCC2O[Si](C)(C)C)cc1. The van der Waals surface area contributed by atoms with Crippen LogP contribution in [0.5, 0.6) is 5.75 Å². The van der Waals surface area contributed by atoms with Crippen LogP contribution >= 0.6 is 11.6 Å². The van der Waals surface area contributed by atoms with Crippen molar-refractivity contribution in [2.24, 2.45) is 0 Å². The van der Waals surface area contributed by atoms with Gasteiger partial charge in [0.15, 0.2) is 14.1 Å². The number of methoxy groups -OCH3 is 1. The molecule has 0 aromatic heterocycles. The largest absolute Gasteiger partial charge is 0.497 e. The highest BCUT2D eigenvalue weighted by Crippen LogP contribution is 2.30. The minimum Gasteiger partial charge on any atom is -0.497 e. The first-order chi connectivity index (χ1) is 10.3. The van der Waals surface area contributed by atoms with E-state index in [2.05, 4.69) is 19.6 Å². The van der Waals surface area contributed by atoms with Gasteiger partial charge in [-0.25, -0.2) is 0 Å². The lowest BCUT2D eigenvalue weighted by molar-refractivity contribution is -0.117.